The van der Waals surface area contributed by atoms with Gasteiger partial charge in [-0.3, -0.25) is 0 Å². The van der Waals surface area contributed by atoms with Crippen molar-refractivity contribution in [3.8, 4) is 0 Å². The molecule has 0 aromatic carbocycles. The molecule has 0 radical (unpaired) electrons. The zero-order valence-corrected chi connectivity index (χ0v) is 14.8. The molecule has 2 bridgehead atoms. The van der Waals surface area contributed by atoms with Crippen molar-refractivity contribution >= 4 is 23.3 Å². The highest BCUT2D eigenvalue weighted by Gasteiger charge is 2.39. The molecule has 1 aromatic heterocycles. The first-order valence-corrected chi connectivity index (χ1v) is 8.48. The van der Waals surface area contributed by atoms with E-state index in [-0.39, 0.29) is 23.1 Å². The van der Waals surface area contributed by atoms with Gasteiger partial charge in [-0.15, -0.1) is 0 Å². The minimum absolute atomic E-state index is 0.00765. The highest BCUT2D eigenvalue weighted by Crippen LogP contribution is 2.38. The number of halogens is 2. The van der Waals surface area contributed by atoms with Crippen LogP contribution in [-0.4, -0.2) is 39.1 Å². The third kappa shape index (κ3) is 3.69. The Bertz CT molecular complexity index is 687. The summed E-state index contributed by atoms with van der Waals surface area (Å²) in [4.78, 5) is 21.9. The Balaban J connectivity index is 1.81. The van der Waals surface area contributed by atoms with Crippen molar-refractivity contribution in [1.29, 1.82) is 0 Å². The van der Waals surface area contributed by atoms with Gasteiger partial charge in [0.25, 0.3) is 0 Å². The van der Waals surface area contributed by atoms with E-state index in [9.17, 15) is 9.18 Å². The van der Waals surface area contributed by atoms with Crippen molar-refractivity contribution < 1.29 is 13.9 Å². The third-order valence-electron chi connectivity index (χ3n) is 4.30. The summed E-state index contributed by atoms with van der Waals surface area (Å²) in [5.74, 6) is -0.132. The number of hydrogen-bond donors (Lipinski definition) is 0. The predicted molar refractivity (Wildman–Crippen MR) is 89.0 cm³/mol. The minimum atomic E-state index is -0.533. The number of amides is 1. The maximum absolute atomic E-state index is 14.1. The fraction of sp³-hybridized carbons (Fsp3) is 0.588. The van der Waals surface area contributed by atoms with Crippen molar-refractivity contribution in [3.05, 3.63) is 29.1 Å². The van der Waals surface area contributed by atoms with Crippen molar-refractivity contribution in [2.24, 2.45) is 5.92 Å². The first-order chi connectivity index (χ1) is 11.2. The van der Waals surface area contributed by atoms with Crippen LogP contribution in [0, 0.1) is 11.7 Å². The monoisotopic (exact) mass is 353 g/mol. The molecule has 2 unspecified atom stereocenters. The third-order valence-corrected chi connectivity index (χ3v) is 4.48. The second kappa shape index (κ2) is 6.31. The van der Waals surface area contributed by atoms with Gasteiger partial charge in [0.15, 0.2) is 5.82 Å². The van der Waals surface area contributed by atoms with Crippen molar-refractivity contribution in [2.45, 2.75) is 51.7 Å². The van der Waals surface area contributed by atoms with E-state index in [0.717, 1.165) is 24.6 Å². The lowest BCUT2D eigenvalue weighted by Gasteiger charge is -2.29. The van der Waals surface area contributed by atoms with Gasteiger partial charge < -0.3 is 9.64 Å². The van der Waals surface area contributed by atoms with E-state index >= 15 is 0 Å². The van der Waals surface area contributed by atoms with E-state index in [4.69, 9.17) is 16.3 Å². The Labute approximate surface area is 145 Å². The molecule has 24 heavy (non-hydrogen) atoms. The molecular weight excluding hydrogens is 333 g/mol. The summed E-state index contributed by atoms with van der Waals surface area (Å²) in [7, 11) is 0. The maximum Gasteiger partial charge on any atom is 0.410 e. The van der Waals surface area contributed by atoms with Crippen LogP contribution < -0.4 is 0 Å². The average molecular weight is 354 g/mol. The summed E-state index contributed by atoms with van der Waals surface area (Å²) >= 11 is 5.81. The highest BCUT2D eigenvalue weighted by atomic mass is 35.5. The molecule has 1 saturated heterocycles. The maximum atomic E-state index is 14.1. The number of ether oxygens (including phenoxy) is 1. The van der Waals surface area contributed by atoms with Crippen LogP contribution in [0.2, 0.25) is 5.28 Å². The van der Waals surface area contributed by atoms with Gasteiger partial charge >= 0.3 is 6.09 Å². The van der Waals surface area contributed by atoms with Crippen LogP contribution in [-0.2, 0) is 4.74 Å². The van der Waals surface area contributed by atoms with E-state index in [1.165, 1.54) is 0 Å². The first kappa shape index (κ1) is 17.1. The molecule has 1 amide bonds. The van der Waals surface area contributed by atoms with Crippen LogP contribution in [0.25, 0.3) is 5.57 Å². The summed E-state index contributed by atoms with van der Waals surface area (Å²) in [5, 5.41) is 0.0192. The number of fused-ring (bicyclic) bond motifs is 2. The molecule has 0 N–H and O–H groups in total. The number of nitrogens with zero attached hydrogens (tertiary/aromatic N) is 3. The van der Waals surface area contributed by atoms with Crippen LogP contribution >= 0.6 is 11.6 Å². The largest absolute Gasteiger partial charge is 0.444 e. The Morgan fingerprint density at radius 3 is 2.92 bits per heavy atom. The fourth-order valence-corrected chi connectivity index (χ4v) is 3.47. The summed E-state index contributed by atoms with van der Waals surface area (Å²) in [6.45, 7) is 6.23. The number of carbonyl (C=O) groups excluding carboxylic acids is 1. The summed E-state index contributed by atoms with van der Waals surface area (Å²) < 4.78 is 19.6. The lowest BCUT2D eigenvalue weighted by atomic mass is 10.0. The van der Waals surface area contributed by atoms with Gasteiger partial charge in [0.05, 0.1) is 6.20 Å². The Kier molecular flexibility index (Phi) is 4.51. The lowest BCUT2D eigenvalue weighted by Crippen LogP contribution is -2.40. The molecule has 0 spiro atoms. The highest BCUT2D eigenvalue weighted by molar-refractivity contribution is 6.28. The summed E-state index contributed by atoms with van der Waals surface area (Å²) in [5.41, 5.74) is 0.471. The molecule has 130 valence electrons. The molecule has 1 aliphatic carbocycles. The van der Waals surface area contributed by atoms with Crippen LogP contribution in [0.3, 0.4) is 0 Å². The van der Waals surface area contributed by atoms with Crippen LogP contribution in [0.1, 0.15) is 45.7 Å². The van der Waals surface area contributed by atoms with E-state index in [1.807, 2.05) is 26.8 Å². The number of likely N-dealkylation sites (tertiary alicyclic amines) is 1. The molecule has 2 atom stereocenters. The van der Waals surface area contributed by atoms with Gasteiger partial charge in [0, 0.05) is 12.6 Å². The Morgan fingerprint density at radius 2 is 2.21 bits per heavy atom. The van der Waals surface area contributed by atoms with Crippen molar-refractivity contribution in [3.63, 3.8) is 0 Å². The van der Waals surface area contributed by atoms with E-state index < -0.39 is 11.4 Å². The van der Waals surface area contributed by atoms with Gasteiger partial charge in [0.1, 0.15) is 11.3 Å². The zero-order valence-electron chi connectivity index (χ0n) is 14.1. The van der Waals surface area contributed by atoms with E-state index in [0.29, 0.717) is 18.9 Å². The first-order valence-electron chi connectivity index (χ1n) is 8.10. The van der Waals surface area contributed by atoms with Crippen LogP contribution in [0.5, 0.6) is 0 Å². The number of allylic oxidation sites excluding steroid dienone is 1. The smallest absolute Gasteiger partial charge is 0.410 e. The van der Waals surface area contributed by atoms with Gasteiger partial charge in [-0.1, -0.05) is 6.08 Å². The quantitative estimate of drug-likeness (QED) is 0.714. The molecular formula is C17H21ClFN3O2. The molecule has 1 aromatic rings. The van der Waals surface area contributed by atoms with Gasteiger partial charge in [-0.05, 0) is 63.1 Å². The van der Waals surface area contributed by atoms with E-state index in [2.05, 4.69) is 9.97 Å². The van der Waals surface area contributed by atoms with Crippen molar-refractivity contribution in [1.82, 2.24) is 14.9 Å². The normalized spacial score (nSPS) is 23.7. The second-order valence-electron chi connectivity index (χ2n) is 7.39. The topological polar surface area (TPSA) is 55.3 Å². The van der Waals surface area contributed by atoms with Gasteiger partial charge in [-0.2, -0.15) is 0 Å². The molecule has 1 fully saturated rings. The SMILES string of the molecule is CC(C)(C)OC(=O)N1CC2CC=C(c3nc(Cl)ncc3F)CC1C2. The number of aromatic nitrogens is 2. The molecule has 5 nitrogen and oxygen atoms in total. The molecule has 2 heterocycles. The van der Waals surface area contributed by atoms with E-state index in [1.54, 1.807) is 4.90 Å². The zero-order chi connectivity index (χ0) is 17.5. The fourth-order valence-electron chi connectivity index (χ4n) is 3.33. The van der Waals surface area contributed by atoms with Crippen molar-refractivity contribution in [2.75, 3.05) is 6.54 Å². The minimum Gasteiger partial charge on any atom is -0.444 e. The Morgan fingerprint density at radius 1 is 1.46 bits per heavy atom. The lowest BCUT2D eigenvalue weighted by molar-refractivity contribution is 0.0224. The molecule has 2 aliphatic rings. The number of hydrogen-bond acceptors (Lipinski definition) is 4. The van der Waals surface area contributed by atoms with Gasteiger partial charge in [0.2, 0.25) is 5.28 Å². The molecule has 3 rings (SSSR count). The predicted octanol–water partition coefficient (Wildman–Crippen LogP) is 4.07. The van der Waals surface area contributed by atoms with Gasteiger partial charge in [-0.25, -0.2) is 19.2 Å². The average Bonchev–Trinajstić information content (AvgIpc) is 2.74. The number of carbonyl (C=O) groups is 1. The van der Waals surface area contributed by atoms with Crippen LogP contribution in [0.15, 0.2) is 12.3 Å². The standard InChI is InChI=1S/C17H21ClFN3O2/c1-17(2,3)24-16(23)22-9-10-4-5-11(7-12(22)6-10)14-13(19)8-20-15(18)21-14/h5,8,10,12H,4,6-7,9H2,1-3H3. The second-order valence-corrected chi connectivity index (χ2v) is 7.73. The number of rotatable bonds is 1. The molecule has 1 aliphatic heterocycles. The molecule has 0 saturated carbocycles. The summed E-state index contributed by atoms with van der Waals surface area (Å²) in [6.07, 6.45) is 5.00. The molecule has 7 heteroatoms. The van der Waals surface area contributed by atoms with Crippen LogP contribution in [0.4, 0.5) is 9.18 Å². The Hall–Kier alpha value is -1.69. The summed E-state index contributed by atoms with van der Waals surface area (Å²) in [6, 6.07) is -0.00765.